The molecule has 1 aliphatic rings. The zero-order chi connectivity index (χ0) is 24.0. The summed E-state index contributed by atoms with van der Waals surface area (Å²) < 4.78 is 11.1. The third kappa shape index (κ3) is 5.96. The molecule has 8 heteroatoms. The molecule has 2 aromatic rings. The first-order valence-electron chi connectivity index (χ1n) is 10.3. The molecule has 2 aromatic carbocycles. The molecule has 1 saturated heterocycles. The summed E-state index contributed by atoms with van der Waals surface area (Å²) >= 11 is 0.787. The molecule has 3 amide bonds. The third-order valence-electron chi connectivity index (χ3n) is 4.84. The van der Waals surface area contributed by atoms with Crippen molar-refractivity contribution in [2.45, 2.75) is 20.8 Å². The van der Waals surface area contributed by atoms with Crippen molar-refractivity contribution in [3.8, 4) is 23.8 Å². The zero-order valence-electron chi connectivity index (χ0n) is 18.6. The highest BCUT2D eigenvalue weighted by molar-refractivity contribution is 8.18. The first-order chi connectivity index (χ1) is 15.8. The Hall–Kier alpha value is -3.70. The minimum Gasteiger partial charge on any atom is -0.490 e. The van der Waals surface area contributed by atoms with Crippen LogP contribution in [-0.2, 0) is 9.59 Å². The van der Waals surface area contributed by atoms with Crippen LogP contribution in [0.2, 0.25) is 0 Å². The van der Waals surface area contributed by atoms with E-state index in [9.17, 15) is 14.4 Å². The van der Waals surface area contributed by atoms with Crippen LogP contribution in [0.1, 0.15) is 23.6 Å². The number of anilines is 1. The summed E-state index contributed by atoms with van der Waals surface area (Å²) in [5.41, 5.74) is 3.40. The maximum absolute atomic E-state index is 12.8. The number of carbonyl (C=O) groups is 3. The normalized spacial score (nSPS) is 14.4. The lowest BCUT2D eigenvalue weighted by molar-refractivity contribution is -0.127. The van der Waals surface area contributed by atoms with E-state index in [2.05, 4.69) is 11.2 Å². The van der Waals surface area contributed by atoms with Gasteiger partial charge in [0, 0.05) is 5.69 Å². The van der Waals surface area contributed by atoms with E-state index >= 15 is 0 Å². The average molecular weight is 465 g/mol. The van der Waals surface area contributed by atoms with E-state index in [4.69, 9.17) is 15.9 Å². The molecule has 0 bridgehead atoms. The highest BCUT2D eigenvalue weighted by Crippen LogP contribution is 2.34. The molecule has 3 rings (SSSR count). The lowest BCUT2D eigenvalue weighted by Gasteiger charge is -2.13. The molecule has 1 N–H and O–H groups in total. The summed E-state index contributed by atoms with van der Waals surface area (Å²) in [7, 11) is 0. The molecular formula is C25H24N2O5S. The summed E-state index contributed by atoms with van der Waals surface area (Å²) in [5, 5.41) is 2.23. The fraction of sp³-hybridized carbons (Fsp3) is 0.240. The maximum atomic E-state index is 12.8. The highest BCUT2D eigenvalue weighted by Gasteiger charge is 2.36. The Morgan fingerprint density at radius 3 is 2.61 bits per heavy atom. The van der Waals surface area contributed by atoms with Gasteiger partial charge in [-0.25, -0.2) is 0 Å². The molecule has 0 radical (unpaired) electrons. The number of terminal acetylenes is 1. The number of nitrogens with zero attached hydrogens (tertiary/aromatic N) is 1. The van der Waals surface area contributed by atoms with Gasteiger partial charge in [0.15, 0.2) is 11.5 Å². The van der Waals surface area contributed by atoms with Crippen LogP contribution in [0.4, 0.5) is 10.5 Å². The van der Waals surface area contributed by atoms with E-state index in [1.165, 1.54) is 0 Å². The number of thioether (sulfide) groups is 1. The fourth-order valence-corrected chi connectivity index (χ4v) is 3.91. The monoisotopic (exact) mass is 464 g/mol. The van der Waals surface area contributed by atoms with Gasteiger partial charge in [-0.2, -0.15) is 0 Å². The van der Waals surface area contributed by atoms with Crippen molar-refractivity contribution in [2.24, 2.45) is 0 Å². The fourth-order valence-electron chi connectivity index (χ4n) is 3.07. The molecule has 1 fully saturated rings. The lowest BCUT2D eigenvalue weighted by atomic mass is 10.1. The van der Waals surface area contributed by atoms with E-state index in [1.54, 1.807) is 30.3 Å². The second kappa shape index (κ2) is 10.7. The Kier molecular flexibility index (Phi) is 7.80. The van der Waals surface area contributed by atoms with E-state index in [0.717, 1.165) is 27.8 Å². The number of hydrogen-bond acceptors (Lipinski definition) is 6. The van der Waals surface area contributed by atoms with Crippen LogP contribution in [0, 0.1) is 26.2 Å². The number of hydrogen-bond donors (Lipinski definition) is 1. The molecule has 0 aromatic heterocycles. The summed E-state index contributed by atoms with van der Waals surface area (Å²) in [6.07, 6.45) is 6.82. The first-order valence-corrected chi connectivity index (χ1v) is 11.1. The van der Waals surface area contributed by atoms with Crippen molar-refractivity contribution in [2.75, 3.05) is 25.1 Å². The van der Waals surface area contributed by atoms with Gasteiger partial charge in [-0.05, 0) is 79.6 Å². The topological polar surface area (TPSA) is 84.9 Å². The van der Waals surface area contributed by atoms with E-state index in [0.29, 0.717) is 29.4 Å². The Labute approximate surface area is 197 Å². The van der Waals surface area contributed by atoms with Gasteiger partial charge in [0.1, 0.15) is 13.2 Å². The predicted molar refractivity (Wildman–Crippen MR) is 129 cm³/mol. The van der Waals surface area contributed by atoms with Gasteiger partial charge in [-0.1, -0.05) is 18.1 Å². The SMILES string of the molecule is C#CCOc1ccc(/C=C2/SC(=O)N(CC(=O)Nc3ccc(C)c(C)c3)C2=O)cc1OCC. The molecule has 0 atom stereocenters. The second-order valence-electron chi connectivity index (χ2n) is 7.25. The minimum absolute atomic E-state index is 0.0997. The minimum atomic E-state index is -0.522. The molecule has 1 aliphatic heterocycles. The van der Waals surface area contributed by atoms with Crippen LogP contribution in [-0.4, -0.2) is 41.7 Å². The van der Waals surface area contributed by atoms with E-state index < -0.39 is 17.1 Å². The standard InChI is InChI=1S/C25H24N2O5S/c1-5-11-32-20-10-8-18(13-21(20)31-6-2)14-22-24(29)27(25(30)33-22)15-23(28)26-19-9-7-16(3)17(4)12-19/h1,7-10,12-14H,6,11,15H2,2-4H3,(H,26,28)/b22-14+. The van der Waals surface area contributed by atoms with Crippen molar-refractivity contribution in [1.29, 1.82) is 0 Å². The van der Waals surface area contributed by atoms with Gasteiger partial charge in [0.25, 0.3) is 11.1 Å². The maximum Gasteiger partial charge on any atom is 0.294 e. The smallest absolute Gasteiger partial charge is 0.294 e. The Balaban J connectivity index is 1.72. The van der Waals surface area contributed by atoms with Gasteiger partial charge in [0.2, 0.25) is 5.91 Å². The van der Waals surface area contributed by atoms with E-state index in [1.807, 2.05) is 32.9 Å². The van der Waals surface area contributed by atoms with Crippen molar-refractivity contribution in [1.82, 2.24) is 4.90 Å². The van der Waals surface area contributed by atoms with Crippen molar-refractivity contribution >= 4 is 40.6 Å². The Morgan fingerprint density at radius 1 is 1.12 bits per heavy atom. The van der Waals surface area contributed by atoms with Crippen molar-refractivity contribution in [3.63, 3.8) is 0 Å². The van der Waals surface area contributed by atoms with Gasteiger partial charge < -0.3 is 14.8 Å². The molecule has 0 saturated carbocycles. The Morgan fingerprint density at radius 2 is 1.91 bits per heavy atom. The van der Waals surface area contributed by atoms with Crippen LogP contribution >= 0.6 is 11.8 Å². The molecule has 7 nitrogen and oxygen atoms in total. The molecule has 1 heterocycles. The van der Waals surface area contributed by atoms with Gasteiger partial charge in [-0.3, -0.25) is 19.3 Å². The number of aryl methyl sites for hydroxylation is 2. The summed E-state index contributed by atoms with van der Waals surface area (Å²) in [5.74, 6) is 2.39. The number of imide groups is 1. The zero-order valence-corrected chi connectivity index (χ0v) is 19.5. The molecule has 0 unspecified atom stereocenters. The first kappa shape index (κ1) is 24.0. The second-order valence-corrected chi connectivity index (χ2v) is 8.24. The summed E-state index contributed by atoms with van der Waals surface area (Å²) in [6.45, 7) is 5.91. The number of amides is 3. The lowest BCUT2D eigenvalue weighted by Crippen LogP contribution is -2.36. The molecule has 33 heavy (non-hydrogen) atoms. The predicted octanol–water partition coefficient (Wildman–Crippen LogP) is 4.39. The number of nitrogens with one attached hydrogen (secondary N) is 1. The Bertz CT molecular complexity index is 1170. The average Bonchev–Trinajstić information content (AvgIpc) is 3.03. The van der Waals surface area contributed by atoms with Gasteiger partial charge in [-0.15, -0.1) is 6.42 Å². The molecular weight excluding hydrogens is 440 g/mol. The van der Waals surface area contributed by atoms with Gasteiger partial charge >= 0.3 is 0 Å². The van der Waals surface area contributed by atoms with Crippen LogP contribution in [0.25, 0.3) is 6.08 Å². The van der Waals surface area contributed by atoms with Crippen LogP contribution in [0.5, 0.6) is 11.5 Å². The molecule has 170 valence electrons. The van der Waals surface area contributed by atoms with Crippen LogP contribution in [0.3, 0.4) is 0 Å². The largest absolute Gasteiger partial charge is 0.490 e. The third-order valence-corrected chi connectivity index (χ3v) is 5.75. The molecule has 0 spiro atoms. The van der Waals surface area contributed by atoms with Crippen LogP contribution in [0.15, 0.2) is 41.3 Å². The van der Waals surface area contributed by atoms with Crippen molar-refractivity contribution < 1.29 is 23.9 Å². The number of carbonyl (C=O) groups excluding carboxylic acids is 3. The van der Waals surface area contributed by atoms with Gasteiger partial charge in [0.05, 0.1) is 11.5 Å². The number of benzene rings is 2. The highest BCUT2D eigenvalue weighted by atomic mass is 32.2. The quantitative estimate of drug-likeness (QED) is 0.461. The molecule has 0 aliphatic carbocycles. The van der Waals surface area contributed by atoms with E-state index in [-0.39, 0.29) is 18.1 Å². The number of ether oxygens (including phenoxy) is 2. The van der Waals surface area contributed by atoms with Crippen LogP contribution < -0.4 is 14.8 Å². The van der Waals surface area contributed by atoms with Crippen molar-refractivity contribution in [3.05, 3.63) is 58.0 Å². The summed E-state index contributed by atoms with van der Waals surface area (Å²) in [4.78, 5) is 38.8. The summed E-state index contributed by atoms with van der Waals surface area (Å²) in [6, 6.07) is 10.6. The number of rotatable bonds is 8.